The van der Waals surface area contributed by atoms with Crippen molar-refractivity contribution < 1.29 is 19.0 Å². The van der Waals surface area contributed by atoms with Crippen molar-refractivity contribution in [1.29, 1.82) is 0 Å². The van der Waals surface area contributed by atoms with Crippen molar-refractivity contribution in [1.82, 2.24) is 4.57 Å². The largest absolute Gasteiger partial charge is 0.493 e. The van der Waals surface area contributed by atoms with Gasteiger partial charge in [0.05, 0.1) is 36.1 Å². The molecular formula is C27H30N2O5S2. The number of ether oxygens (including phenoxy) is 3. The quantitative estimate of drug-likeness (QED) is 0.389. The molecule has 0 bridgehead atoms. The summed E-state index contributed by atoms with van der Waals surface area (Å²) in [6.45, 7) is 8.71. The molecule has 0 saturated carbocycles. The highest BCUT2D eigenvalue weighted by Crippen LogP contribution is 2.33. The second-order valence-electron chi connectivity index (χ2n) is 8.76. The number of nitrogens with zero attached hydrogens (tertiary/aromatic N) is 2. The first kappa shape index (κ1) is 25.9. The van der Waals surface area contributed by atoms with Crippen LogP contribution >= 0.6 is 22.7 Å². The van der Waals surface area contributed by atoms with E-state index in [1.54, 1.807) is 25.5 Å². The molecule has 9 heteroatoms. The summed E-state index contributed by atoms with van der Waals surface area (Å²) in [6, 6.07) is 8.87. The predicted octanol–water partition coefficient (Wildman–Crippen LogP) is 4.29. The van der Waals surface area contributed by atoms with Crippen LogP contribution in [-0.4, -0.2) is 30.9 Å². The molecule has 7 nitrogen and oxygen atoms in total. The summed E-state index contributed by atoms with van der Waals surface area (Å²) < 4.78 is 18.9. The van der Waals surface area contributed by atoms with Crippen molar-refractivity contribution in [3.05, 3.63) is 77.1 Å². The van der Waals surface area contributed by atoms with E-state index < -0.39 is 12.0 Å². The molecule has 0 unspecified atom stereocenters. The number of carbonyl (C=O) groups excluding carboxylic acids is 1. The molecule has 0 fully saturated rings. The van der Waals surface area contributed by atoms with E-state index in [9.17, 15) is 9.59 Å². The Bertz CT molecular complexity index is 1450. The van der Waals surface area contributed by atoms with Crippen molar-refractivity contribution in [2.75, 3.05) is 20.3 Å². The van der Waals surface area contributed by atoms with E-state index >= 15 is 0 Å². The number of thiazole rings is 1. The van der Waals surface area contributed by atoms with Gasteiger partial charge in [-0.3, -0.25) is 9.36 Å². The summed E-state index contributed by atoms with van der Waals surface area (Å²) in [5, 5.41) is 1.93. The zero-order chi connectivity index (χ0) is 25.8. The second-order valence-corrected chi connectivity index (χ2v) is 10.7. The number of rotatable bonds is 9. The molecule has 1 atom stereocenters. The third kappa shape index (κ3) is 5.32. The minimum Gasteiger partial charge on any atom is -0.493 e. The van der Waals surface area contributed by atoms with Gasteiger partial charge >= 0.3 is 5.97 Å². The third-order valence-electron chi connectivity index (χ3n) is 5.77. The van der Waals surface area contributed by atoms with E-state index in [0.717, 1.165) is 16.9 Å². The fourth-order valence-electron chi connectivity index (χ4n) is 3.96. The number of hydrogen-bond donors (Lipinski definition) is 0. The van der Waals surface area contributed by atoms with Gasteiger partial charge in [0.1, 0.15) is 6.04 Å². The van der Waals surface area contributed by atoms with Crippen LogP contribution in [0.4, 0.5) is 0 Å². The number of aromatic nitrogens is 1. The van der Waals surface area contributed by atoms with Gasteiger partial charge < -0.3 is 14.2 Å². The molecule has 0 radical (unpaired) electrons. The van der Waals surface area contributed by atoms with Gasteiger partial charge in [0.15, 0.2) is 16.3 Å². The summed E-state index contributed by atoms with van der Waals surface area (Å²) in [5.74, 6) is 1.37. The van der Waals surface area contributed by atoms with Gasteiger partial charge in [-0.1, -0.05) is 37.3 Å². The smallest absolute Gasteiger partial charge is 0.338 e. The lowest BCUT2D eigenvalue weighted by molar-refractivity contribution is -0.139. The van der Waals surface area contributed by atoms with E-state index in [1.165, 1.54) is 22.7 Å². The van der Waals surface area contributed by atoms with E-state index in [0.29, 0.717) is 44.6 Å². The van der Waals surface area contributed by atoms with Gasteiger partial charge in [0.2, 0.25) is 0 Å². The summed E-state index contributed by atoms with van der Waals surface area (Å²) in [5.41, 5.74) is 1.55. The van der Waals surface area contributed by atoms with E-state index in [2.05, 4.69) is 18.8 Å². The number of allylic oxidation sites excluding steroid dienone is 1. The van der Waals surface area contributed by atoms with Gasteiger partial charge in [-0.05, 0) is 61.4 Å². The fourth-order valence-corrected chi connectivity index (χ4v) is 5.83. The topological polar surface area (TPSA) is 79.1 Å². The highest BCUT2D eigenvalue weighted by Gasteiger charge is 2.33. The van der Waals surface area contributed by atoms with Crippen LogP contribution in [0.15, 0.2) is 56.8 Å². The molecule has 190 valence electrons. The zero-order valence-electron chi connectivity index (χ0n) is 21.1. The van der Waals surface area contributed by atoms with Crippen LogP contribution in [0.5, 0.6) is 11.5 Å². The minimum atomic E-state index is -0.575. The predicted molar refractivity (Wildman–Crippen MR) is 143 cm³/mol. The molecule has 3 heterocycles. The number of esters is 1. The van der Waals surface area contributed by atoms with Crippen molar-refractivity contribution >= 4 is 34.7 Å². The Morgan fingerprint density at radius 3 is 2.72 bits per heavy atom. The van der Waals surface area contributed by atoms with Crippen LogP contribution in [0.2, 0.25) is 0 Å². The second kappa shape index (κ2) is 11.3. The Kier molecular flexibility index (Phi) is 8.11. The minimum absolute atomic E-state index is 0.206. The third-order valence-corrected chi connectivity index (χ3v) is 7.68. The Labute approximate surface area is 218 Å². The lowest BCUT2D eigenvalue weighted by Gasteiger charge is -2.23. The number of carbonyl (C=O) groups is 1. The number of hydrogen-bond acceptors (Lipinski definition) is 8. The number of benzene rings is 1. The Hall–Kier alpha value is -3.17. The summed E-state index contributed by atoms with van der Waals surface area (Å²) >= 11 is 2.79. The summed E-state index contributed by atoms with van der Waals surface area (Å²) in [6.07, 6.45) is 2.77. The van der Waals surface area contributed by atoms with Crippen molar-refractivity contribution in [2.24, 2.45) is 10.9 Å². The van der Waals surface area contributed by atoms with Crippen LogP contribution in [0, 0.1) is 5.92 Å². The highest BCUT2D eigenvalue weighted by atomic mass is 32.1. The molecule has 2 aromatic heterocycles. The highest BCUT2D eigenvalue weighted by molar-refractivity contribution is 7.10. The van der Waals surface area contributed by atoms with Crippen LogP contribution in [0.25, 0.3) is 6.08 Å². The molecule has 0 amide bonds. The van der Waals surface area contributed by atoms with Crippen LogP contribution in [0.1, 0.15) is 50.6 Å². The standard InChI is InChI=1S/C27H30N2O5S2/c1-6-33-26(31)23-17(4)28-27-29(24(23)21-8-7-13-35-21)25(30)22(36-27)15-18-9-10-19(20(14-18)32-5)34-12-11-16(2)3/h7-10,13-16,24H,6,11-12H2,1-5H3/b22-15-/t24-/m1/s1. The molecule has 3 aromatic rings. The van der Waals surface area contributed by atoms with Crippen molar-refractivity contribution in [2.45, 2.75) is 40.2 Å². The lowest BCUT2D eigenvalue weighted by atomic mass is 10.0. The van der Waals surface area contributed by atoms with Crippen LogP contribution in [-0.2, 0) is 9.53 Å². The molecule has 36 heavy (non-hydrogen) atoms. The van der Waals surface area contributed by atoms with Gasteiger partial charge in [-0.25, -0.2) is 9.79 Å². The molecule has 1 aromatic carbocycles. The Morgan fingerprint density at radius 2 is 2.06 bits per heavy atom. The number of fused-ring (bicyclic) bond motifs is 1. The van der Waals surface area contributed by atoms with Gasteiger partial charge in [-0.15, -0.1) is 11.3 Å². The lowest BCUT2D eigenvalue weighted by Crippen LogP contribution is -2.39. The fraction of sp³-hybridized carbons (Fsp3) is 0.370. The first-order chi connectivity index (χ1) is 17.3. The van der Waals surface area contributed by atoms with E-state index in [1.807, 2.05) is 41.8 Å². The van der Waals surface area contributed by atoms with Gasteiger partial charge in [0.25, 0.3) is 5.56 Å². The molecule has 0 spiro atoms. The van der Waals surface area contributed by atoms with E-state index in [4.69, 9.17) is 14.2 Å². The maximum absolute atomic E-state index is 13.6. The van der Waals surface area contributed by atoms with Crippen molar-refractivity contribution in [3.63, 3.8) is 0 Å². The SMILES string of the molecule is CCOC(=O)C1=C(C)N=c2s/c(=C\c3ccc(OCCC(C)C)c(OC)c3)c(=O)n2[C@@H]1c1cccs1. The maximum Gasteiger partial charge on any atom is 0.338 e. The average molecular weight is 527 g/mol. The average Bonchev–Trinajstić information content (AvgIpc) is 3.47. The summed E-state index contributed by atoms with van der Waals surface area (Å²) in [7, 11) is 1.60. The summed E-state index contributed by atoms with van der Waals surface area (Å²) in [4.78, 5) is 32.5. The molecule has 0 aliphatic carbocycles. The Balaban J connectivity index is 1.77. The van der Waals surface area contributed by atoms with Crippen molar-refractivity contribution in [3.8, 4) is 11.5 Å². The van der Waals surface area contributed by atoms with Gasteiger partial charge in [-0.2, -0.15) is 0 Å². The van der Waals surface area contributed by atoms with Crippen LogP contribution < -0.4 is 24.4 Å². The van der Waals surface area contributed by atoms with E-state index in [-0.39, 0.29) is 12.2 Å². The first-order valence-corrected chi connectivity index (χ1v) is 13.6. The molecule has 4 rings (SSSR count). The molecule has 0 N–H and O–H groups in total. The molecule has 0 saturated heterocycles. The number of thiophene rings is 1. The first-order valence-electron chi connectivity index (χ1n) is 11.9. The number of methoxy groups -OCH3 is 1. The Morgan fingerprint density at radius 1 is 1.25 bits per heavy atom. The monoisotopic (exact) mass is 526 g/mol. The molecule has 1 aliphatic rings. The van der Waals surface area contributed by atoms with Gasteiger partial charge in [0, 0.05) is 4.88 Å². The normalized spacial score (nSPS) is 15.6. The maximum atomic E-state index is 13.6. The molecule has 1 aliphatic heterocycles. The van der Waals surface area contributed by atoms with Crippen LogP contribution in [0.3, 0.4) is 0 Å². The molecular weight excluding hydrogens is 496 g/mol. The zero-order valence-corrected chi connectivity index (χ0v) is 22.7.